The summed E-state index contributed by atoms with van der Waals surface area (Å²) < 4.78 is 10.1. The molecule has 21 heavy (non-hydrogen) atoms. The van der Waals surface area contributed by atoms with Gasteiger partial charge in [0.2, 0.25) is 0 Å². The molecule has 2 aromatic heterocycles. The third kappa shape index (κ3) is 3.00. The van der Waals surface area contributed by atoms with Crippen LogP contribution in [0.1, 0.15) is 6.42 Å². The van der Waals surface area contributed by atoms with Crippen molar-refractivity contribution in [2.24, 2.45) is 0 Å². The summed E-state index contributed by atoms with van der Waals surface area (Å²) in [7, 11) is 1.43. The average molecular weight is 289 g/mol. The predicted octanol–water partition coefficient (Wildman–Crippen LogP) is 1.51. The highest BCUT2D eigenvalue weighted by Gasteiger charge is 2.20. The fraction of sp³-hybridized carbons (Fsp3) is 0.467. The van der Waals surface area contributed by atoms with Gasteiger partial charge in [-0.3, -0.25) is 9.69 Å². The van der Waals surface area contributed by atoms with Crippen molar-refractivity contribution in [1.82, 2.24) is 9.88 Å². The first-order chi connectivity index (χ1) is 10.3. The minimum atomic E-state index is -0.151. The van der Waals surface area contributed by atoms with E-state index in [-0.39, 0.29) is 5.97 Å². The maximum Gasteiger partial charge on any atom is 0.306 e. The summed E-state index contributed by atoms with van der Waals surface area (Å²) in [5.74, 6) is 0.830. The van der Waals surface area contributed by atoms with Crippen LogP contribution in [-0.4, -0.2) is 55.7 Å². The number of nitrogens with zero attached hydrogens (tertiary/aromatic N) is 3. The zero-order chi connectivity index (χ0) is 14.7. The SMILES string of the molecule is COC(=O)CCN1CCN(c2nccc3occc23)CC1. The van der Waals surface area contributed by atoms with Gasteiger partial charge in [0.1, 0.15) is 11.4 Å². The van der Waals surface area contributed by atoms with Crippen LogP contribution in [-0.2, 0) is 9.53 Å². The monoisotopic (exact) mass is 289 g/mol. The van der Waals surface area contributed by atoms with Crippen LogP contribution < -0.4 is 4.90 Å². The highest BCUT2D eigenvalue weighted by Crippen LogP contribution is 2.25. The number of carbonyl (C=O) groups is 1. The first-order valence-electron chi connectivity index (χ1n) is 7.14. The normalized spacial score (nSPS) is 16.3. The number of anilines is 1. The topological polar surface area (TPSA) is 58.8 Å². The number of ether oxygens (including phenoxy) is 1. The van der Waals surface area contributed by atoms with Crippen molar-refractivity contribution in [2.45, 2.75) is 6.42 Å². The maximum atomic E-state index is 11.2. The lowest BCUT2D eigenvalue weighted by molar-refractivity contribution is -0.141. The fourth-order valence-electron chi connectivity index (χ4n) is 2.67. The number of piperazine rings is 1. The number of methoxy groups -OCH3 is 1. The number of fused-ring (bicyclic) bond motifs is 1. The fourth-order valence-corrected chi connectivity index (χ4v) is 2.67. The molecule has 0 aromatic carbocycles. The van der Waals surface area contributed by atoms with Crippen molar-refractivity contribution < 1.29 is 13.9 Å². The summed E-state index contributed by atoms with van der Waals surface area (Å²) in [6, 6.07) is 3.84. The van der Waals surface area contributed by atoms with Gasteiger partial charge in [0.15, 0.2) is 0 Å². The summed E-state index contributed by atoms with van der Waals surface area (Å²) in [6.07, 6.45) is 3.93. The summed E-state index contributed by atoms with van der Waals surface area (Å²) >= 11 is 0. The van der Waals surface area contributed by atoms with Gasteiger partial charge in [-0.25, -0.2) is 4.98 Å². The van der Waals surface area contributed by atoms with Gasteiger partial charge in [-0.1, -0.05) is 0 Å². The molecule has 0 spiro atoms. The molecule has 6 nitrogen and oxygen atoms in total. The van der Waals surface area contributed by atoms with Crippen LogP contribution in [0, 0.1) is 0 Å². The molecule has 6 heteroatoms. The minimum Gasteiger partial charge on any atom is -0.469 e. The highest BCUT2D eigenvalue weighted by atomic mass is 16.5. The zero-order valence-electron chi connectivity index (χ0n) is 12.1. The summed E-state index contributed by atoms with van der Waals surface area (Å²) in [5.41, 5.74) is 0.869. The van der Waals surface area contributed by atoms with Crippen molar-refractivity contribution in [3.05, 3.63) is 24.6 Å². The van der Waals surface area contributed by atoms with Crippen LogP contribution in [0.2, 0.25) is 0 Å². The van der Waals surface area contributed by atoms with Gasteiger partial charge in [0, 0.05) is 38.9 Å². The van der Waals surface area contributed by atoms with E-state index in [2.05, 4.69) is 19.5 Å². The van der Waals surface area contributed by atoms with Crippen LogP contribution >= 0.6 is 0 Å². The standard InChI is InChI=1S/C15H19N3O3/c1-20-14(19)3-6-17-7-9-18(10-8-17)15-12-4-11-21-13(12)2-5-16-15/h2,4-5,11H,3,6-10H2,1H3. The Balaban J connectivity index is 1.61. The molecule has 0 unspecified atom stereocenters. The maximum absolute atomic E-state index is 11.2. The Labute approximate surface area is 123 Å². The molecule has 1 aliphatic heterocycles. The van der Waals surface area contributed by atoms with Crippen LogP contribution in [0.3, 0.4) is 0 Å². The number of carbonyl (C=O) groups excluding carboxylic acids is 1. The number of rotatable bonds is 4. The largest absolute Gasteiger partial charge is 0.469 e. The number of aromatic nitrogens is 1. The Hall–Kier alpha value is -2.08. The van der Waals surface area contributed by atoms with Gasteiger partial charge in [-0.2, -0.15) is 0 Å². The second-order valence-corrected chi connectivity index (χ2v) is 5.12. The zero-order valence-corrected chi connectivity index (χ0v) is 12.1. The lowest BCUT2D eigenvalue weighted by Crippen LogP contribution is -2.47. The van der Waals surface area contributed by atoms with E-state index in [0.717, 1.165) is 49.5 Å². The molecule has 0 radical (unpaired) electrons. The third-order valence-corrected chi connectivity index (χ3v) is 3.89. The van der Waals surface area contributed by atoms with Crippen molar-refractivity contribution in [3.63, 3.8) is 0 Å². The smallest absolute Gasteiger partial charge is 0.306 e. The molecule has 1 saturated heterocycles. The van der Waals surface area contributed by atoms with E-state index in [0.29, 0.717) is 6.42 Å². The van der Waals surface area contributed by atoms with Crippen LogP contribution in [0.15, 0.2) is 29.0 Å². The quantitative estimate of drug-likeness (QED) is 0.795. The summed E-state index contributed by atoms with van der Waals surface area (Å²) in [6.45, 7) is 4.40. The first kappa shape index (κ1) is 13.9. The Kier molecular flexibility index (Phi) is 4.06. The molecule has 1 aliphatic rings. The Morgan fingerprint density at radius 2 is 2.14 bits per heavy atom. The first-order valence-corrected chi connectivity index (χ1v) is 7.14. The second-order valence-electron chi connectivity index (χ2n) is 5.12. The number of pyridine rings is 1. The Bertz CT molecular complexity index is 617. The summed E-state index contributed by atoms with van der Waals surface area (Å²) in [5, 5.41) is 1.06. The molecule has 0 aliphatic carbocycles. The molecule has 0 N–H and O–H groups in total. The Morgan fingerprint density at radius 1 is 1.33 bits per heavy atom. The molecule has 0 amide bonds. The van der Waals surface area contributed by atoms with Crippen LogP contribution in [0.25, 0.3) is 11.0 Å². The van der Waals surface area contributed by atoms with E-state index in [4.69, 9.17) is 4.42 Å². The van der Waals surface area contributed by atoms with E-state index in [1.165, 1.54) is 7.11 Å². The lowest BCUT2D eigenvalue weighted by Gasteiger charge is -2.35. The number of hydrogen-bond acceptors (Lipinski definition) is 6. The number of furan rings is 1. The molecule has 3 heterocycles. The van der Waals surface area contributed by atoms with Crippen LogP contribution in [0.4, 0.5) is 5.82 Å². The van der Waals surface area contributed by atoms with Crippen molar-refractivity contribution in [1.29, 1.82) is 0 Å². The summed E-state index contributed by atoms with van der Waals surface area (Å²) in [4.78, 5) is 20.2. The molecule has 3 rings (SSSR count). The molecular weight excluding hydrogens is 270 g/mol. The van der Waals surface area contributed by atoms with Gasteiger partial charge < -0.3 is 14.1 Å². The van der Waals surface area contributed by atoms with E-state index in [1.807, 2.05) is 12.1 Å². The third-order valence-electron chi connectivity index (χ3n) is 3.89. The minimum absolute atomic E-state index is 0.151. The van der Waals surface area contributed by atoms with Gasteiger partial charge in [0.25, 0.3) is 0 Å². The number of hydrogen-bond donors (Lipinski definition) is 0. The average Bonchev–Trinajstić information content (AvgIpc) is 3.01. The molecule has 2 aromatic rings. The Morgan fingerprint density at radius 3 is 2.90 bits per heavy atom. The van der Waals surface area contributed by atoms with Crippen LogP contribution in [0.5, 0.6) is 0 Å². The van der Waals surface area contributed by atoms with Gasteiger partial charge in [0.05, 0.1) is 25.2 Å². The van der Waals surface area contributed by atoms with E-state index < -0.39 is 0 Å². The molecule has 0 saturated carbocycles. The van der Waals surface area contributed by atoms with E-state index in [1.54, 1.807) is 12.5 Å². The van der Waals surface area contributed by atoms with Gasteiger partial charge >= 0.3 is 5.97 Å². The van der Waals surface area contributed by atoms with Crippen molar-refractivity contribution >= 4 is 22.8 Å². The molecule has 0 atom stereocenters. The predicted molar refractivity (Wildman–Crippen MR) is 79.3 cm³/mol. The molecule has 0 bridgehead atoms. The number of esters is 1. The van der Waals surface area contributed by atoms with Gasteiger partial charge in [-0.05, 0) is 12.1 Å². The second kappa shape index (κ2) is 6.13. The molecular formula is C15H19N3O3. The van der Waals surface area contributed by atoms with E-state index >= 15 is 0 Å². The van der Waals surface area contributed by atoms with Gasteiger partial charge in [-0.15, -0.1) is 0 Å². The van der Waals surface area contributed by atoms with Crippen molar-refractivity contribution in [2.75, 3.05) is 44.7 Å². The van der Waals surface area contributed by atoms with Crippen molar-refractivity contribution in [3.8, 4) is 0 Å². The molecule has 1 fully saturated rings. The lowest BCUT2D eigenvalue weighted by atomic mass is 10.2. The molecule has 112 valence electrons. The highest BCUT2D eigenvalue weighted by molar-refractivity contribution is 5.88. The van der Waals surface area contributed by atoms with E-state index in [9.17, 15) is 4.79 Å².